The highest BCUT2D eigenvalue weighted by atomic mass is 31.2. The minimum atomic E-state index is -5.64. The Hall–Kier alpha value is -0.560. The fourth-order valence-corrected chi connectivity index (χ4v) is 5.29. The summed E-state index contributed by atoms with van der Waals surface area (Å²) in [6.45, 7) is 17.7. The van der Waals surface area contributed by atoms with Gasteiger partial charge in [-0.2, -0.15) is 0 Å². The van der Waals surface area contributed by atoms with Gasteiger partial charge in [-0.25, -0.2) is 39.3 Å². The van der Waals surface area contributed by atoms with Crippen molar-refractivity contribution in [3.8, 4) is 0 Å². The van der Waals surface area contributed by atoms with Crippen molar-refractivity contribution in [3.05, 3.63) is 0 Å². The van der Waals surface area contributed by atoms with E-state index in [9.17, 15) is 39.3 Å². The van der Waals surface area contributed by atoms with Crippen molar-refractivity contribution in [3.63, 3.8) is 0 Å². The van der Waals surface area contributed by atoms with Crippen LogP contribution in [0.4, 0.5) is 39.3 Å². The van der Waals surface area contributed by atoms with E-state index in [0.717, 1.165) is 116 Å². The lowest BCUT2D eigenvalue weighted by atomic mass is 10.1. The maximum Gasteiger partial charge on any atom is 0.312 e. The van der Waals surface area contributed by atoms with Crippen LogP contribution in [0.1, 0.15) is 131 Å². The van der Waals surface area contributed by atoms with E-state index in [1.165, 1.54) is 0 Å². The van der Waals surface area contributed by atoms with Gasteiger partial charge >= 0.3 is 24.7 Å². The summed E-state index contributed by atoms with van der Waals surface area (Å²) in [6, 6.07) is 0. The van der Waals surface area contributed by atoms with E-state index >= 15 is 0 Å². The second-order valence-corrected chi connectivity index (χ2v) is 13.5. The Morgan fingerprint density at radius 3 is 0.787 bits per heavy atom. The molecule has 0 bridgehead atoms. The molecule has 0 aromatic carbocycles. The zero-order valence-corrected chi connectivity index (χ0v) is 30.6. The van der Waals surface area contributed by atoms with Gasteiger partial charge in [0.25, 0.3) is 0 Å². The van der Waals surface area contributed by atoms with Crippen LogP contribution in [0.15, 0.2) is 0 Å². The first-order valence-electron chi connectivity index (χ1n) is 17.4. The predicted molar refractivity (Wildman–Crippen MR) is 169 cm³/mol. The smallest absolute Gasteiger partial charge is 0.312 e. The van der Waals surface area contributed by atoms with Crippen molar-refractivity contribution >= 4 is 7.91 Å². The molecule has 15 heteroatoms. The van der Waals surface area contributed by atoms with E-state index < -0.39 is 45.4 Å². The van der Waals surface area contributed by atoms with Crippen LogP contribution in [0, 0.1) is 0 Å². The first-order chi connectivity index (χ1) is 21.7. The summed E-state index contributed by atoms with van der Waals surface area (Å²) in [5.74, 6) is -7.71. The molecule has 0 aliphatic heterocycles. The molecule has 0 fully saturated rings. The number of unbranched alkanes of at least 4 members (excludes halogenated alkanes) is 6. The Morgan fingerprint density at radius 1 is 0.489 bits per heavy atom. The van der Waals surface area contributed by atoms with Crippen LogP contribution in [0.25, 0.3) is 0 Å². The summed E-state index contributed by atoms with van der Waals surface area (Å²) in [6.07, 6.45) is 3.30. The molecule has 0 heterocycles. The normalized spacial score (nSPS) is 13.0. The molecule has 0 atom stereocenters. The van der Waals surface area contributed by atoms with Crippen LogP contribution >= 0.6 is 7.91 Å². The summed E-state index contributed by atoms with van der Waals surface area (Å²) in [4.78, 5) is 16.9. The zero-order valence-electron chi connectivity index (χ0n) is 29.7. The molecule has 0 aromatic rings. The van der Waals surface area contributed by atoms with Gasteiger partial charge in [-0.15, -0.1) is 0 Å². The Balaban J connectivity index is -0.000000719. The second kappa shape index (κ2) is 27.2. The zero-order chi connectivity index (χ0) is 37.2. The minimum Gasteiger partial charge on any atom is -0.786 e. The topological polar surface area (TPSA) is 63.2 Å². The number of quaternary nitrogens is 2. The summed E-state index contributed by atoms with van der Waals surface area (Å²) in [7, 11) is -5.64. The highest BCUT2D eigenvalue weighted by Crippen LogP contribution is 2.30. The molecule has 0 radical (unpaired) electrons. The molecular weight excluding hydrogens is 662 g/mol. The number of alkyl halides is 8. The van der Waals surface area contributed by atoms with Crippen LogP contribution in [0.3, 0.4) is 0 Å². The third-order valence-corrected chi connectivity index (χ3v) is 8.39. The molecule has 0 rings (SSSR count). The number of hydrogen-bond donors (Lipinski definition) is 0. The standard InChI is InChI=1S/2C16H32F4N.FH2O3P/c2*1-4-7-11-21(12-8-5-2,13-9-6-3)14-10-16(19,20)15(17)18;1-5(2,3)4/h2*15H,4-14H2,1-3H3;(H2,2,3,4)/q2*+1;/p-2. The lowest BCUT2D eigenvalue weighted by Crippen LogP contribution is -2.52. The molecule has 0 N–H and O–H groups in total. The number of rotatable bonds is 26. The minimum absolute atomic E-state index is 0.164. The highest BCUT2D eigenvalue weighted by molar-refractivity contribution is 7.42. The first-order valence-corrected chi connectivity index (χ1v) is 18.8. The molecule has 288 valence electrons. The predicted octanol–water partition coefficient (Wildman–Crippen LogP) is 9.77. The largest absolute Gasteiger partial charge is 0.786 e. The molecule has 0 unspecified atom stereocenters. The monoisotopic (exact) mass is 726 g/mol. The summed E-state index contributed by atoms with van der Waals surface area (Å²) >= 11 is 0. The van der Waals surface area contributed by atoms with Crippen molar-refractivity contribution in [2.45, 2.75) is 156 Å². The van der Waals surface area contributed by atoms with Crippen LogP contribution < -0.4 is 9.79 Å². The lowest BCUT2D eigenvalue weighted by Gasteiger charge is -2.40. The van der Waals surface area contributed by atoms with Crippen molar-refractivity contribution in [2.75, 3.05) is 52.4 Å². The molecule has 0 aliphatic carbocycles. The summed E-state index contributed by atoms with van der Waals surface area (Å²) in [5.41, 5.74) is 0. The number of nitrogens with zero attached hydrogens (tertiary/aromatic N) is 2. The Bertz CT molecular complexity index is 672. The van der Waals surface area contributed by atoms with Crippen LogP contribution in [0.2, 0.25) is 0 Å². The van der Waals surface area contributed by atoms with Gasteiger partial charge in [0.15, 0.2) is 0 Å². The average Bonchev–Trinajstić information content (AvgIpc) is 2.99. The van der Waals surface area contributed by atoms with Gasteiger partial charge in [-0.3, -0.25) is 0 Å². The average molecular weight is 727 g/mol. The summed E-state index contributed by atoms with van der Waals surface area (Å²) in [5, 5.41) is 0. The molecule has 0 saturated carbocycles. The Labute approximate surface area is 279 Å². The van der Waals surface area contributed by atoms with E-state index in [0.29, 0.717) is 8.97 Å². The van der Waals surface area contributed by atoms with E-state index in [2.05, 4.69) is 41.5 Å². The van der Waals surface area contributed by atoms with Gasteiger partial charge in [-0.1, -0.05) is 80.1 Å². The van der Waals surface area contributed by atoms with E-state index in [1.54, 1.807) is 0 Å². The van der Waals surface area contributed by atoms with Gasteiger partial charge in [0, 0.05) is 0 Å². The van der Waals surface area contributed by atoms with Crippen molar-refractivity contribution in [1.82, 2.24) is 0 Å². The third-order valence-electron chi connectivity index (χ3n) is 8.39. The molecule has 0 saturated heterocycles. The molecule has 0 amide bonds. The van der Waals surface area contributed by atoms with Gasteiger partial charge in [0.2, 0.25) is 0 Å². The van der Waals surface area contributed by atoms with E-state index in [1.807, 2.05) is 0 Å². The Kier molecular flexibility index (Phi) is 29.4. The van der Waals surface area contributed by atoms with Crippen LogP contribution in [-0.2, 0) is 4.57 Å². The van der Waals surface area contributed by atoms with Gasteiger partial charge < -0.3 is 23.3 Å². The fourth-order valence-electron chi connectivity index (χ4n) is 5.29. The number of halogens is 9. The maximum atomic E-state index is 13.3. The third kappa shape index (κ3) is 27.9. The quantitative estimate of drug-likeness (QED) is 0.0507. The van der Waals surface area contributed by atoms with E-state index in [-0.39, 0.29) is 13.1 Å². The highest BCUT2D eigenvalue weighted by Gasteiger charge is 2.44. The molecule has 47 heavy (non-hydrogen) atoms. The van der Waals surface area contributed by atoms with Crippen molar-refractivity contribution in [1.29, 1.82) is 0 Å². The molecule has 5 nitrogen and oxygen atoms in total. The second-order valence-electron chi connectivity index (χ2n) is 12.6. The summed E-state index contributed by atoms with van der Waals surface area (Å²) < 4.78 is 122. The lowest BCUT2D eigenvalue weighted by molar-refractivity contribution is -0.929. The molecule has 0 spiro atoms. The maximum absolute atomic E-state index is 13.3. The van der Waals surface area contributed by atoms with Gasteiger partial charge in [0.1, 0.15) is 7.91 Å². The SMILES string of the molecule is CCCC[N+](CCCC)(CCCC)CCC(F)(F)C(F)F.CCCC[N+](CCCC)(CCCC)CCC(F)(F)C(F)F.O=P([O-])([O-])F. The van der Waals surface area contributed by atoms with Crippen molar-refractivity contribution < 1.29 is 62.6 Å². The number of hydrogen-bond acceptors (Lipinski definition) is 3. The molecule has 0 aliphatic rings. The van der Waals surface area contributed by atoms with Crippen molar-refractivity contribution in [2.24, 2.45) is 0 Å². The fraction of sp³-hybridized carbons (Fsp3) is 1.00. The molecular formula is C32H64F9N2O3P. The van der Waals surface area contributed by atoms with Gasteiger partial charge in [0.05, 0.1) is 65.2 Å². The van der Waals surface area contributed by atoms with Gasteiger partial charge in [-0.05, 0) is 38.5 Å². The first kappa shape index (κ1) is 50.8. The Morgan fingerprint density at radius 2 is 0.660 bits per heavy atom. The van der Waals surface area contributed by atoms with E-state index in [4.69, 9.17) is 14.4 Å². The molecule has 0 aromatic heterocycles. The van der Waals surface area contributed by atoms with Crippen LogP contribution in [-0.4, -0.2) is 86.0 Å². The van der Waals surface area contributed by atoms with Crippen LogP contribution in [0.5, 0.6) is 0 Å².